The van der Waals surface area contributed by atoms with Crippen molar-refractivity contribution in [3.8, 4) is 0 Å². The van der Waals surface area contributed by atoms with E-state index < -0.39 is 0 Å². The van der Waals surface area contributed by atoms with Gasteiger partial charge in [0.15, 0.2) is 0 Å². The third-order valence-electron chi connectivity index (χ3n) is 4.90. The molecule has 6 nitrogen and oxygen atoms in total. The summed E-state index contributed by atoms with van der Waals surface area (Å²) in [5.74, 6) is -0.483. The van der Waals surface area contributed by atoms with Gasteiger partial charge in [-0.1, -0.05) is 38.5 Å². The Morgan fingerprint density at radius 2 is 1.04 bits per heavy atom. The molecule has 2 aliphatic rings. The second-order valence-corrected chi connectivity index (χ2v) is 7.06. The summed E-state index contributed by atoms with van der Waals surface area (Å²) in [4.78, 5) is 33.5. The smallest absolute Gasteiger partial charge is 0.324 e. The summed E-state index contributed by atoms with van der Waals surface area (Å²) in [5, 5.41) is 0. The van der Waals surface area contributed by atoms with Crippen molar-refractivity contribution >= 4 is 11.9 Å². The monoisotopic (exact) mass is 340 g/mol. The molecule has 24 heavy (non-hydrogen) atoms. The van der Waals surface area contributed by atoms with Gasteiger partial charge in [0.25, 0.3) is 0 Å². The molecule has 0 heterocycles. The fourth-order valence-electron chi connectivity index (χ4n) is 3.38. The highest BCUT2D eigenvalue weighted by molar-refractivity contribution is 5.70. The Kier molecular flexibility index (Phi) is 9.13. The minimum absolute atomic E-state index is 0.241. The lowest BCUT2D eigenvalue weighted by Gasteiger charge is -2.22. The molecular formula is C18H32N2O4. The van der Waals surface area contributed by atoms with E-state index in [1.165, 1.54) is 38.5 Å². The van der Waals surface area contributed by atoms with Gasteiger partial charge in [0.1, 0.15) is 0 Å². The maximum absolute atomic E-state index is 11.6. The summed E-state index contributed by atoms with van der Waals surface area (Å²) in [7, 11) is 0. The summed E-state index contributed by atoms with van der Waals surface area (Å²) in [5.41, 5.74) is 5.75. The normalized spacial score (nSPS) is 19.8. The van der Waals surface area contributed by atoms with E-state index in [1.54, 1.807) is 0 Å². The van der Waals surface area contributed by atoms with E-state index in [4.69, 9.17) is 9.68 Å². The van der Waals surface area contributed by atoms with Gasteiger partial charge in [0.2, 0.25) is 0 Å². The molecule has 0 radical (unpaired) electrons. The van der Waals surface area contributed by atoms with Gasteiger partial charge in [0.05, 0.1) is 0 Å². The quantitative estimate of drug-likeness (QED) is 0.495. The zero-order valence-electron chi connectivity index (χ0n) is 14.7. The van der Waals surface area contributed by atoms with Crippen LogP contribution >= 0.6 is 0 Å². The summed E-state index contributed by atoms with van der Waals surface area (Å²) in [6.45, 7) is 0. The Morgan fingerprint density at radius 3 is 1.42 bits per heavy atom. The minimum Gasteiger partial charge on any atom is -0.370 e. The first-order chi connectivity index (χ1) is 11.7. The molecule has 0 aromatic rings. The number of hydrogen-bond acceptors (Lipinski definition) is 6. The van der Waals surface area contributed by atoms with Crippen molar-refractivity contribution in [3.05, 3.63) is 0 Å². The van der Waals surface area contributed by atoms with Gasteiger partial charge in [-0.2, -0.15) is 11.0 Å². The number of nitrogens with one attached hydrogen (secondary N) is 2. The van der Waals surface area contributed by atoms with Crippen LogP contribution in [0.1, 0.15) is 89.9 Å². The molecule has 0 saturated heterocycles. The lowest BCUT2D eigenvalue weighted by molar-refractivity contribution is -0.155. The zero-order valence-corrected chi connectivity index (χ0v) is 14.7. The predicted octanol–water partition coefficient (Wildman–Crippen LogP) is 3.31. The van der Waals surface area contributed by atoms with Crippen molar-refractivity contribution < 1.29 is 19.3 Å². The zero-order chi connectivity index (χ0) is 17.0. The van der Waals surface area contributed by atoms with Crippen LogP contribution in [0, 0.1) is 0 Å². The second kappa shape index (κ2) is 11.4. The highest BCUT2D eigenvalue weighted by atomic mass is 16.7. The molecule has 0 aromatic carbocycles. The molecule has 0 bridgehead atoms. The number of hydrogen-bond donors (Lipinski definition) is 2. The molecule has 6 heteroatoms. The Hall–Kier alpha value is -1.14. The molecule has 138 valence electrons. The number of carbonyl (C=O) groups excluding carboxylic acids is 2. The highest BCUT2D eigenvalue weighted by Crippen LogP contribution is 2.18. The first-order valence-corrected chi connectivity index (χ1v) is 9.64. The van der Waals surface area contributed by atoms with E-state index >= 15 is 0 Å². The molecule has 2 N–H and O–H groups in total. The maximum atomic E-state index is 11.6. The van der Waals surface area contributed by atoms with Crippen LogP contribution in [0.3, 0.4) is 0 Å². The summed E-state index contributed by atoms with van der Waals surface area (Å²) in [6, 6.07) is 0.618. The van der Waals surface area contributed by atoms with Crippen LogP contribution in [0.4, 0.5) is 0 Å². The molecule has 2 rings (SSSR count). The average molecular weight is 340 g/mol. The minimum atomic E-state index is -0.241. The van der Waals surface area contributed by atoms with Crippen molar-refractivity contribution in [1.82, 2.24) is 11.0 Å². The largest absolute Gasteiger partial charge is 0.370 e. The lowest BCUT2D eigenvalue weighted by Crippen LogP contribution is -2.33. The maximum Gasteiger partial charge on any atom is 0.324 e. The first kappa shape index (κ1) is 19.2. The molecule has 2 aliphatic carbocycles. The molecule has 2 fully saturated rings. The third-order valence-corrected chi connectivity index (χ3v) is 4.90. The van der Waals surface area contributed by atoms with Gasteiger partial charge < -0.3 is 9.68 Å². The van der Waals surface area contributed by atoms with Gasteiger partial charge in [-0.15, -0.1) is 0 Å². The first-order valence-electron chi connectivity index (χ1n) is 9.64. The number of unbranched alkanes of at least 4 members (excludes halogenated alkanes) is 1. The van der Waals surface area contributed by atoms with E-state index in [-0.39, 0.29) is 11.9 Å². The predicted molar refractivity (Wildman–Crippen MR) is 90.7 cm³/mol. The molecule has 0 spiro atoms. The van der Waals surface area contributed by atoms with Gasteiger partial charge in [0, 0.05) is 24.9 Å². The van der Waals surface area contributed by atoms with Crippen molar-refractivity contribution in [2.45, 2.75) is 102 Å². The van der Waals surface area contributed by atoms with Crippen LogP contribution < -0.4 is 11.0 Å². The summed E-state index contributed by atoms with van der Waals surface area (Å²) in [6.07, 6.45) is 13.6. The standard InChI is InChI=1S/C18H32N2O4/c21-17(23-19-15-9-3-1-4-10-15)13-7-8-14-18(22)24-20-16-11-5-2-6-12-16/h15-16,19-20H,1-14H2. The van der Waals surface area contributed by atoms with Gasteiger partial charge in [-0.05, 0) is 38.5 Å². The van der Waals surface area contributed by atoms with Crippen molar-refractivity contribution in [2.75, 3.05) is 0 Å². The topological polar surface area (TPSA) is 76.7 Å². The van der Waals surface area contributed by atoms with E-state index in [2.05, 4.69) is 11.0 Å². The van der Waals surface area contributed by atoms with Crippen LogP contribution in [-0.2, 0) is 19.3 Å². The molecular weight excluding hydrogens is 308 g/mol. The fraction of sp³-hybridized carbons (Fsp3) is 0.889. The number of carbonyl (C=O) groups is 2. The van der Waals surface area contributed by atoms with Crippen LogP contribution in [0.15, 0.2) is 0 Å². The highest BCUT2D eigenvalue weighted by Gasteiger charge is 2.16. The van der Waals surface area contributed by atoms with Crippen LogP contribution in [-0.4, -0.2) is 24.0 Å². The molecule has 0 atom stereocenters. The van der Waals surface area contributed by atoms with Crippen LogP contribution in [0.25, 0.3) is 0 Å². The molecule has 0 aromatic heterocycles. The van der Waals surface area contributed by atoms with Crippen molar-refractivity contribution in [1.29, 1.82) is 0 Å². The molecule has 0 amide bonds. The van der Waals surface area contributed by atoms with Gasteiger partial charge in [-0.25, -0.2) is 0 Å². The second-order valence-electron chi connectivity index (χ2n) is 7.06. The van der Waals surface area contributed by atoms with Gasteiger partial charge in [-0.3, -0.25) is 9.59 Å². The Bertz CT molecular complexity index is 341. The van der Waals surface area contributed by atoms with Crippen molar-refractivity contribution in [3.63, 3.8) is 0 Å². The number of rotatable bonds is 9. The SMILES string of the molecule is O=C(CCCCC(=O)ONC1CCCCC1)ONC1CCCCC1. The average Bonchev–Trinajstić information content (AvgIpc) is 2.63. The lowest BCUT2D eigenvalue weighted by atomic mass is 9.96. The molecule has 0 unspecified atom stereocenters. The fourth-order valence-corrected chi connectivity index (χ4v) is 3.38. The molecule has 0 aliphatic heterocycles. The van der Waals surface area contributed by atoms with E-state index in [0.29, 0.717) is 37.8 Å². The van der Waals surface area contributed by atoms with Crippen molar-refractivity contribution in [2.24, 2.45) is 0 Å². The van der Waals surface area contributed by atoms with Crippen LogP contribution in [0.2, 0.25) is 0 Å². The molecule has 2 saturated carbocycles. The summed E-state index contributed by atoms with van der Waals surface area (Å²) >= 11 is 0. The Balaban J connectivity index is 1.43. The Morgan fingerprint density at radius 1 is 0.667 bits per heavy atom. The third kappa shape index (κ3) is 8.11. The van der Waals surface area contributed by atoms with Crippen LogP contribution in [0.5, 0.6) is 0 Å². The number of hydroxylamine groups is 2. The van der Waals surface area contributed by atoms with E-state index in [0.717, 1.165) is 25.7 Å². The van der Waals surface area contributed by atoms with E-state index in [9.17, 15) is 9.59 Å². The Labute approximate surface area is 144 Å². The van der Waals surface area contributed by atoms with E-state index in [1.807, 2.05) is 0 Å². The summed E-state index contributed by atoms with van der Waals surface area (Å²) < 4.78 is 0. The van der Waals surface area contributed by atoms with Gasteiger partial charge >= 0.3 is 11.9 Å².